The highest BCUT2D eigenvalue weighted by molar-refractivity contribution is 5.96. The zero-order chi connectivity index (χ0) is 17.8. The van der Waals surface area contributed by atoms with E-state index in [1.54, 1.807) is 12.0 Å². The molecule has 1 aromatic carbocycles. The van der Waals surface area contributed by atoms with E-state index >= 15 is 0 Å². The Morgan fingerprint density at radius 3 is 2.84 bits per heavy atom. The highest BCUT2D eigenvalue weighted by Gasteiger charge is 2.25. The number of rotatable bonds is 6. The van der Waals surface area contributed by atoms with Crippen molar-refractivity contribution in [1.29, 1.82) is 0 Å². The number of hydrogen-bond donors (Lipinski definition) is 1. The van der Waals surface area contributed by atoms with Gasteiger partial charge in [-0.25, -0.2) is 4.98 Å². The molecule has 0 saturated heterocycles. The summed E-state index contributed by atoms with van der Waals surface area (Å²) in [4.78, 5) is 19.0. The second-order valence-corrected chi connectivity index (χ2v) is 6.87. The van der Waals surface area contributed by atoms with Crippen LogP contribution in [-0.2, 0) is 16.1 Å². The first kappa shape index (κ1) is 17.7. The van der Waals surface area contributed by atoms with Crippen molar-refractivity contribution in [3.05, 3.63) is 18.2 Å². The molecule has 25 heavy (non-hydrogen) atoms. The number of carbonyl (C=O) groups is 1. The number of amides is 1. The fourth-order valence-electron chi connectivity index (χ4n) is 3.70. The van der Waals surface area contributed by atoms with E-state index < -0.39 is 0 Å². The fourth-order valence-corrected chi connectivity index (χ4v) is 3.70. The van der Waals surface area contributed by atoms with Crippen molar-refractivity contribution >= 4 is 28.6 Å². The fraction of sp³-hybridized carbons (Fsp3) is 0.579. The highest BCUT2D eigenvalue weighted by Crippen LogP contribution is 2.29. The van der Waals surface area contributed by atoms with Crippen LogP contribution in [-0.4, -0.2) is 36.2 Å². The average molecular weight is 344 g/mol. The lowest BCUT2D eigenvalue weighted by atomic mass is 9.88. The van der Waals surface area contributed by atoms with Crippen molar-refractivity contribution in [2.45, 2.75) is 45.1 Å². The lowest BCUT2D eigenvalue weighted by molar-refractivity contribution is -0.123. The number of imidazole rings is 1. The van der Waals surface area contributed by atoms with Crippen molar-refractivity contribution in [3.8, 4) is 0 Å². The number of methoxy groups -OCH3 is 1. The van der Waals surface area contributed by atoms with Crippen LogP contribution in [0.25, 0.3) is 11.0 Å². The standard InChI is InChI=1S/C19H28N4O2/c1-22(18(24)14-7-4-3-5-8-14)15-9-10-17-16(13-15)21-19(20)23(17)11-6-12-25-2/h9-10,13-14H,3-8,11-12H2,1-2H3,(H2,20,21). The molecule has 0 spiro atoms. The molecule has 6 nitrogen and oxygen atoms in total. The number of benzene rings is 1. The number of nitrogens with zero attached hydrogens (tertiary/aromatic N) is 3. The lowest BCUT2D eigenvalue weighted by Gasteiger charge is -2.26. The third kappa shape index (κ3) is 3.79. The summed E-state index contributed by atoms with van der Waals surface area (Å²) in [5, 5.41) is 0. The van der Waals surface area contributed by atoms with Crippen LogP contribution in [0.4, 0.5) is 11.6 Å². The number of fused-ring (bicyclic) bond motifs is 1. The molecule has 1 fully saturated rings. The molecule has 1 amide bonds. The predicted molar refractivity (Wildman–Crippen MR) is 101 cm³/mol. The molecule has 2 aromatic rings. The van der Waals surface area contributed by atoms with Crippen LogP contribution in [0.15, 0.2) is 18.2 Å². The maximum absolute atomic E-state index is 12.7. The van der Waals surface area contributed by atoms with Gasteiger partial charge in [0.2, 0.25) is 11.9 Å². The number of nitrogens with two attached hydrogens (primary N) is 1. The summed E-state index contributed by atoms with van der Waals surface area (Å²) in [5.74, 6) is 0.877. The summed E-state index contributed by atoms with van der Waals surface area (Å²) < 4.78 is 7.11. The summed E-state index contributed by atoms with van der Waals surface area (Å²) in [6, 6.07) is 5.95. The summed E-state index contributed by atoms with van der Waals surface area (Å²) in [6.45, 7) is 1.46. The van der Waals surface area contributed by atoms with Gasteiger partial charge in [-0.2, -0.15) is 0 Å². The summed E-state index contributed by atoms with van der Waals surface area (Å²) >= 11 is 0. The van der Waals surface area contributed by atoms with Gasteiger partial charge in [-0.05, 0) is 37.5 Å². The van der Waals surface area contributed by atoms with Gasteiger partial charge in [0.15, 0.2) is 0 Å². The monoisotopic (exact) mass is 344 g/mol. The van der Waals surface area contributed by atoms with Crippen LogP contribution in [0, 0.1) is 5.92 Å². The first-order valence-corrected chi connectivity index (χ1v) is 9.14. The third-order valence-corrected chi connectivity index (χ3v) is 5.16. The SMILES string of the molecule is COCCCn1c(N)nc2cc(N(C)C(=O)C3CCCCC3)ccc21. The minimum absolute atomic E-state index is 0.158. The second-order valence-electron chi connectivity index (χ2n) is 6.87. The van der Waals surface area contributed by atoms with Crippen LogP contribution in [0.5, 0.6) is 0 Å². The Bertz CT molecular complexity index is 734. The van der Waals surface area contributed by atoms with Crippen LogP contribution in [0.1, 0.15) is 38.5 Å². The molecule has 0 radical (unpaired) electrons. The Balaban J connectivity index is 1.79. The summed E-state index contributed by atoms with van der Waals surface area (Å²) in [6.07, 6.45) is 6.46. The molecule has 136 valence electrons. The Morgan fingerprint density at radius 1 is 1.36 bits per heavy atom. The Morgan fingerprint density at radius 2 is 2.12 bits per heavy atom. The van der Waals surface area contributed by atoms with Crippen molar-refractivity contribution in [1.82, 2.24) is 9.55 Å². The minimum atomic E-state index is 0.158. The zero-order valence-corrected chi connectivity index (χ0v) is 15.2. The van der Waals surface area contributed by atoms with Gasteiger partial charge in [0, 0.05) is 38.9 Å². The van der Waals surface area contributed by atoms with Gasteiger partial charge in [0.1, 0.15) is 0 Å². The molecule has 1 aliphatic rings. The molecule has 2 N–H and O–H groups in total. The largest absolute Gasteiger partial charge is 0.385 e. The van der Waals surface area contributed by atoms with E-state index in [1.165, 1.54) is 6.42 Å². The Labute approximate surface area is 149 Å². The summed E-state index contributed by atoms with van der Waals surface area (Å²) in [7, 11) is 3.55. The van der Waals surface area contributed by atoms with Gasteiger partial charge in [-0.1, -0.05) is 19.3 Å². The molecule has 1 aromatic heterocycles. The summed E-state index contributed by atoms with van der Waals surface area (Å²) in [5.41, 5.74) is 8.77. The number of nitrogen functional groups attached to an aromatic ring is 1. The van der Waals surface area contributed by atoms with Crippen molar-refractivity contribution < 1.29 is 9.53 Å². The Kier molecular flexibility index (Phi) is 5.58. The quantitative estimate of drug-likeness (QED) is 0.817. The van der Waals surface area contributed by atoms with Crippen molar-refractivity contribution in [3.63, 3.8) is 0 Å². The first-order chi connectivity index (χ1) is 12.1. The van der Waals surface area contributed by atoms with E-state index in [0.717, 1.165) is 55.4 Å². The smallest absolute Gasteiger partial charge is 0.229 e. The second kappa shape index (κ2) is 7.87. The van der Waals surface area contributed by atoms with E-state index in [-0.39, 0.29) is 11.8 Å². The number of carbonyl (C=O) groups excluding carboxylic acids is 1. The maximum atomic E-state index is 12.7. The van der Waals surface area contributed by atoms with E-state index in [0.29, 0.717) is 12.6 Å². The van der Waals surface area contributed by atoms with Gasteiger partial charge in [0.05, 0.1) is 11.0 Å². The third-order valence-electron chi connectivity index (χ3n) is 5.16. The van der Waals surface area contributed by atoms with Gasteiger partial charge in [-0.15, -0.1) is 0 Å². The predicted octanol–water partition coefficient (Wildman–Crippen LogP) is 3.20. The lowest BCUT2D eigenvalue weighted by Crippen LogP contribution is -2.33. The number of ether oxygens (including phenoxy) is 1. The van der Waals surface area contributed by atoms with Crippen LogP contribution in [0.2, 0.25) is 0 Å². The van der Waals surface area contributed by atoms with Gasteiger partial charge in [-0.3, -0.25) is 4.79 Å². The Hall–Kier alpha value is -2.08. The van der Waals surface area contributed by atoms with E-state index in [4.69, 9.17) is 10.5 Å². The van der Waals surface area contributed by atoms with Crippen molar-refractivity contribution in [2.75, 3.05) is 31.4 Å². The highest BCUT2D eigenvalue weighted by atomic mass is 16.5. The number of aryl methyl sites for hydroxylation is 1. The number of anilines is 2. The molecule has 0 unspecified atom stereocenters. The van der Waals surface area contributed by atoms with Crippen LogP contribution >= 0.6 is 0 Å². The molecular formula is C19H28N4O2. The minimum Gasteiger partial charge on any atom is -0.385 e. The van der Waals surface area contributed by atoms with E-state index in [9.17, 15) is 4.79 Å². The molecule has 3 rings (SSSR count). The molecule has 1 aliphatic carbocycles. The molecule has 6 heteroatoms. The molecule has 0 aliphatic heterocycles. The molecule has 1 heterocycles. The molecule has 0 atom stereocenters. The van der Waals surface area contributed by atoms with Crippen LogP contribution in [0.3, 0.4) is 0 Å². The maximum Gasteiger partial charge on any atom is 0.229 e. The van der Waals surface area contributed by atoms with Crippen molar-refractivity contribution in [2.24, 2.45) is 5.92 Å². The number of hydrogen-bond acceptors (Lipinski definition) is 4. The topological polar surface area (TPSA) is 73.4 Å². The van der Waals surface area contributed by atoms with Gasteiger partial charge >= 0.3 is 0 Å². The molecule has 0 bridgehead atoms. The molecular weight excluding hydrogens is 316 g/mol. The zero-order valence-electron chi connectivity index (χ0n) is 15.2. The van der Waals surface area contributed by atoms with Gasteiger partial charge < -0.3 is 19.9 Å². The van der Waals surface area contributed by atoms with E-state index in [1.807, 2.05) is 29.8 Å². The number of aromatic nitrogens is 2. The normalized spacial score (nSPS) is 15.6. The average Bonchev–Trinajstić information content (AvgIpc) is 2.96. The van der Waals surface area contributed by atoms with E-state index in [2.05, 4.69) is 4.98 Å². The molecule has 1 saturated carbocycles. The first-order valence-electron chi connectivity index (χ1n) is 9.14. The van der Waals surface area contributed by atoms with Gasteiger partial charge in [0.25, 0.3) is 0 Å². The van der Waals surface area contributed by atoms with Crippen LogP contribution < -0.4 is 10.6 Å².